The summed E-state index contributed by atoms with van der Waals surface area (Å²) in [6, 6.07) is 15.4. The van der Waals surface area contributed by atoms with E-state index in [1.165, 1.54) is 7.11 Å². The molecule has 2 aliphatic heterocycles. The molecule has 2 fully saturated rings. The molecule has 2 aliphatic rings. The van der Waals surface area contributed by atoms with Crippen LogP contribution in [0.5, 0.6) is 0 Å². The molecule has 2 aromatic carbocycles. The van der Waals surface area contributed by atoms with Gasteiger partial charge in [0.15, 0.2) is 0 Å². The fraction of sp³-hybridized carbons (Fsp3) is 0.512. The second kappa shape index (κ2) is 16.8. The van der Waals surface area contributed by atoms with Crippen LogP contribution in [-0.4, -0.2) is 97.9 Å². The molecule has 3 amide bonds. The van der Waals surface area contributed by atoms with Crippen LogP contribution in [0.3, 0.4) is 0 Å². The number of amides is 3. The first-order valence-corrected chi connectivity index (χ1v) is 19.7. The predicted molar refractivity (Wildman–Crippen MR) is 215 cm³/mol. The summed E-state index contributed by atoms with van der Waals surface area (Å²) in [5, 5.41) is 2.70. The smallest absolute Gasteiger partial charge is 0.407 e. The number of nitrogens with zero attached hydrogens (tertiary/aromatic N) is 5. The summed E-state index contributed by atoms with van der Waals surface area (Å²) in [6.45, 7) is 15.0. The molecule has 6 rings (SSSR count). The van der Waals surface area contributed by atoms with E-state index >= 15 is 0 Å². The normalized spacial score (nSPS) is 18.8. The number of hydrogen-bond acceptors (Lipinski definition) is 7. The lowest BCUT2D eigenvalue weighted by atomic mass is 9.84. The summed E-state index contributed by atoms with van der Waals surface area (Å²) in [6.07, 6.45) is 6.47. The Balaban J connectivity index is 1.12. The minimum atomic E-state index is -0.681. The van der Waals surface area contributed by atoms with Crippen LogP contribution in [0.1, 0.15) is 99.2 Å². The zero-order valence-corrected chi connectivity index (χ0v) is 33.4. The number of nitrogens with one attached hydrogen (secondary N) is 3. The minimum Gasteiger partial charge on any atom is -0.453 e. The maximum Gasteiger partial charge on any atom is 0.407 e. The molecule has 0 aliphatic carbocycles. The van der Waals surface area contributed by atoms with Gasteiger partial charge in [-0.15, -0.1) is 0 Å². The summed E-state index contributed by atoms with van der Waals surface area (Å²) in [5.41, 5.74) is 5.47. The molecule has 4 aromatic rings. The van der Waals surface area contributed by atoms with E-state index in [0.717, 1.165) is 84.1 Å². The number of alkyl carbamates (subject to hydrolysis) is 1. The van der Waals surface area contributed by atoms with Gasteiger partial charge in [-0.3, -0.25) is 14.5 Å². The van der Waals surface area contributed by atoms with Crippen LogP contribution in [0.25, 0.3) is 33.6 Å². The van der Waals surface area contributed by atoms with Crippen molar-refractivity contribution in [2.75, 3.05) is 33.3 Å². The van der Waals surface area contributed by atoms with Crippen molar-refractivity contribution >= 4 is 17.9 Å². The first-order chi connectivity index (χ1) is 26.9. The number of benzene rings is 2. The maximum absolute atomic E-state index is 14.1. The van der Waals surface area contributed by atoms with Crippen molar-refractivity contribution in [3.05, 3.63) is 72.6 Å². The average molecular weight is 752 g/mol. The Morgan fingerprint density at radius 2 is 1.29 bits per heavy atom. The summed E-state index contributed by atoms with van der Waals surface area (Å²) in [7, 11) is 1.29. The van der Waals surface area contributed by atoms with Crippen LogP contribution < -0.4 is 5.32 Å². The third-order valence-corrected chi connectivity index (χ3v) is 11.2. The van der Waals surface area contributed by atoms with Crippen molar-refractivity contribution in [3.63, 3.8) is 0 Å². The number of H-pyrrole nitrogens is 2. The number of hydrogen-bond donors (Lipinski definition) is 3. The second-order valence-corrected chi connectivity index (χ2v) is 15.9. The Kier molecular flexibility index (Phi) is 11.7. The number of aromatic amines is 2. The third kappa shape index (κ3) is 8.49. The van der Waals surface area contributed by atoms with E-state index < -0.39 is 17.6 Å². The monoisotopic (exact) mass is 751 g/mol. The van der Waals surface area contributed by atoms with Crippen molar-refractivity contribution in [1.82, 2.24) is 40.0 Å². The van der Waals surface area contributed by atoms with Crippen LogP contribution in [0.2, 0.25) is 0 Å². The number of ether oxygens (including phenoxy) is 1. The largest absolute Gasteiger partial charge is 0.453 e. The molecule has 3 N–H and O–H groups in total. The van der Waals surface area contributed by atoms with E-state index in [-0.39, 0.29) is 42.8 Å². The molecule has 12 heteroatoms. The number of rotatable bonds is 12. The molecule has 2 saturated heterocycles. The van der Waals surface area contributed by atoms with E-state index in [0.29, 0.717) is 13.1 Å². The number of imidazole rings is 2. The summed E-state index contributed by atoms with van der Waals surface area (Å²) < 4.78 is 13.0. The van der Waals surface area contributed by atoms with Crippen LogP contribution in [-0.2, 0) is 14.3 Å². The van der Waals surface area contributed by atoms with Gasteiger partial charge < -0.3 is 29.8 Å². The first-order valence-electron chi connectivity index (χ1n) is 20.4. The molecule has 4 atom stereocenters. The number of methoxy groups -OCH3 is 1. The van der Waals surface area contributed by atoms with E-state index in [4.69, 9.17) is 11.1 Å². The van der Waals surface area contributed by atoms with Crippen molar-refractivity contribution in [2.45, 2.75) is 98.3 Å². The minimum absolute atomic E-state index is 0.0910. The lowest BCUT2D eigenvalue weighted by Gasteiger charge is -2.41. The van der Waals surface area contributed by atoms with Gasteiger partial charge in [-0.25, -0.2) is 14.8 Å². The van der Waals surface area contributed by atoms with Crippen LogP contribution in [0.15, 0.2) is 60.9 Å². The highest BCUT2D eigenvalue weighted by Gasteiger charge is 2.42. The van der Waals surface area contributed by atoms with E-state index in [1.807, 2.05) is 49.9 Å². The lowest BCUT2D eigenvalue weighted by Crippen LogP contribution is -2.54. The first kappa shape index (κ1) is 38.3. The molecule has 4 heterocycles. The van der Waals surface area contributed by atoms with E-state index in [2.05, 4.69) is 87.5 Å². The Labute approximate surface area is 326 Å². The molecule has 55 heavy (non-hydrogen) atoms. The fourth-order valence-corrected chi connectivity index (χ4v) is 8.23. The van der Waals surface area contributed by atoms with Crippen molar-refractivity contribution in [2.24, 2.45) is 11.3 Å². The van der Waals surface area contributed by atoms with Gasteiger partial charge in [0.2, 0.25) is 11.8 Å². The topological polar surface area (TPSA) is 140 Å². The molecule has 2 aromatic heterocycles. The highest BCUT2D eigenvalue weighted by atomic mass is 16.5. The van der Waals surface area contributed by atoms with E-state index in [9.17, 15) is 14.4 Å². The van der Waals surface area contributed by atoms with Crippen molar-refractivity contribution in [3.8, 4) is 33.6 Å². The Morgan fingerprint density at radius 3 is 1.71 bits per heavy atom. The van der Waals surface area contributed by atoms with Gasteiger partial charge in [0.05, 0.1) is 49.0 Å². The molecule has 0 radical (unpaired) electrons. The maximum atomic E-state index is 14.1. The second-order valence-electron chi connectivity index (χ2n) is 15.9. The van der Waals surface area contributed by atoms with Gasteiger partial charge in [-0.1, -0.05) is 97.0 Å². The fourth-order valence-electron chi connectivity index (χ4n) is 8.23. The number of carbonyl (C=O) groups is 3. The van der Waals surface area contributed by atoms with Crippen molar-refractivity contribution < 1.29 is 20.5 Å². The van der Waals surface area contributed by atoms with Gasteiger partial charge in [-0.2, -0.15) is 0 Å². The van der Waals surface area contributed by atoms with E-state index in [1.54, 1.807) is 0 Å². The molecule has 0 saturated carbocycles. The standard InChI is InChI=1S/C43H58N8O4/c1-9-49(10-2)37(43(5,6)7)41(53)51-24-12-14-35(51)39-45-26-33(47-39)31-21-17-29(18-22-31)28-15-19-30(20-16-28)32-25-44-38(46-32)34-13-11-23-50(34)40(52)36(27(3)4)48-42(54)55-8/h15-22,25-27,34-37H,9-14,23-24H2,1-8H3,(H,44,46)(H,45,47)(H,48,54)/t34-,35-,36-,37+/m0/s1/i5D. The zero-order valence-electron chi connectivity index (χ0n) is 34.4. The van der Waals surface area contributed by atoms with Crippen molar-refractivity contribution in [1.29, 1.82) is 0 Å². The summed E-state index contributed by atoms with van der Waals surface area (Å²) in [4.78, 5) is 62.1. The average Bonchev–Trinajstić information content (AvgIpc) is 4.05. The Hall–Kier alpha value is -4.97. The molecular weight excluding hydrogens is 693 g/mol. The molecular formula is C43H58N8O4. The van der Waals surface area contributed by atoms with Gasteiger partial charge in [-0.05, 0) is 72.4 Å². The lowest BCUT2D eigenvalue weighted by molar-refractivity contribution is -0.142. The molecule has 12 nitrogen and oxygen atoms in total. The Bertz CT molecular complexity index is 1950. The molecule has 0 unspecified atom stereocenters. The quantitative estimate of drug-likeness (QED) is 0.136. The predicted octanol–water partition coefficient (Wildman–Crippen LogP) is 7.60. The zero-order chi connectivity index (χ0) is 40.1. The van der Waals surface area contributed by atoms with Gasteiger partial charge in [0, 0.05) is 14.5 Å². The SMILES string of the molecule is [2H]CC(C)(C)[C@@H](C(=O)N1CCC[C@H]1c1ncc(-c2ccc(-c3ccc(-c4cnc([C@@H]5CCCN5C(=O)[C@@H](NC(=O)OC)C(C)C)[nH]4)cc3)cc2)[nH]1)N(CC)CC. The van der Waals surface area contributed by atoms with Crippen LogP contribution >= 0.6 is 0 Å². The third-order valence-electron chi connectivity index (χ3n) is 11.2. The molecule has 0 bridgehead atoms. The van der Waals surface area contributed by atoms with Crippen LogP contribution in [0, 0.1) is 11.3 Å². The van der Waals surface area contributed by atoms with Crippen LogP contribution in [0.4, 0.5) is 4.79 Å². The number of likely N-dealkylation sites (tertiary alicyclic amines) is 2. The molecule has 294 valence electrons. The van der Waals surface area contributed by atoms with Gasteiger partial charge >= 0.3 is 6.09 Å². The summed E-state index contributed by atoms with van der Waals surface area (Å²) in [5.74, 6) is 1.40. The van der Waals surface area contributed by atoms with Gasteiger partial charge in [0.1, 0.15) is 17.7 Å². The Morgan fingerprint density at radius 1 is 0.836 bits per heavy atom. The molecule has 0 spiro atoms. The highest BCUT2D eigenvalue weighted by Crippen LogP contribution is 2.37. The number of likely N-dealkylation sites (N-methyl/N-ethyl adjacent to an activating group) is 1. The highest BCUT2D eigenvalue weighted by molar-refractivity contribution is 5.86. The number of carbonyl (C=O) groups excluding carboxylic acids is 3. The van der Waals surface area contributed by atoms with Gasteiger partial charge in [0.25, 0.3) is 0 Å². The number of aromatic nitrogens is 4. The summed E-state index contributed by atoms with van der Waals surface area (Å²) >= 11 is 0.